The third-order valence-electron chi connectivity index (χ3n) is 5.49. The minimum absolute atomic E-state index is 0.0801. The van der Waals surface area contributed by atoms with E-state index in [9.17, 15) is 9.59 Å². The summed E-state index contributed by atoms with van der Waals surface area (Å²) in [6.45, 7) is 6.37. The van der Waals surface area contributed by atoms with Crippen LogP contribution in [0.15, 0.2) is 58.5 Å². The molecule has 0 aromatic heterocycles. The van der Waals surface area contributed by atoms with Gasteiger partial charge in [0.15, 0.2) is 5.17 Å². The summed E-state index contributed by atoms with van der Waals surface area (Å²) in [4.78, 5) is 37.1. The molecule has 172 valence electrons. The predicted molar refractivity (Wildman–Crippen MR) is 132 cm³/mol. The predicted octanol–water partition coefficient (Wildman–Crippen LogP) is 4.14. The topological polar surface area (TPSA) is 83.4 Å². The maximum Gasteiger partial charge on any atom is 0.259 e. The van der Waals surface area contributed by atoms with E-state index < -0.39 is 11.3 Å². The van der Waals surface area contributed by atoms with E-state index in [-0.39, 0.29) is 11.8 Å². The Kier molecular flexibility index (Phi) is 6.83. The van der Waals surface area contributed by atoms with Crippen molar-refractivity contribution in [3.8, 4) is 5.75 Å². The van der Waals surface area contributed by atoms with Gasteiger partial charge in [-0.1, -0.05) is 49.9 Å². The number of amidine groups is 2. The minimum atomic E-state index is -0.446. The largest absolute Gasteiger partial charge is 0.497 e. The maximum absolute atomic E-state index is 13.2. The van der Waals surface area contributed by atoms with Crippen LogP contribution in [0.5, 0.6) is 5.75 Å². The summed E-state index contributed by atoms with van der Waals surface area (Å²) in [7, 11) is 1.61. The number of hydrogen-bond acceptors (Lipinski definition) is 6. The lowest BCUT2D eigenvalue weighted by Crippen LogP contribution is -2.43. The van der Waals surface area contributed by atoms with Gasteiger partial charge in [0.05, 0.1) is 18.0 Å². The molecule has 0 saturated carbocycles. The Morgan fingerprint density at radius 1 is 1.18 bits per heavy atom. The second kappa shape index (κ2) is 9.79. The number of aliphatic imine (C=N–C) groups is 2. The van der Waals surface area contributed by atoms with Crippen molar-refractivity contribution in [3.05, 3.63) is 59.7 Å². The molecule has 0 unspecified atom stereocenters. The number of methoxy groups -OCH3 is 1. The molecule has 2 aliphatic heterocycles. The third kappa shape index (κ3) is 4.95. The van der Waals surface area contributed by atoms with E-state index in [1.807, 2.05) is 55.5 Å². The number of benzene rings is 2. The molecule has 0 radical (unpaired) electrons. The normalized spacial score (nSPS) is 17.8. The summed E-state index contributed by atoms with van der Waals surface area (Å²) in [6.07, 6.45) is 0.676. The zero-order valence-electron chi connectivity index (χ0n) is 19.2. The summed E-state index contributed by atoms with van der Waals surface area (Å²) >= 11 is 1.27. The summed E-state index contributed by atoms with van der Waals surface area (Å²) in [5.74, 6) is 1.50. The molecule has 7 nitrogen and oxygen atoms in total. The van der Waals surface area contributed by atoms with Crippen LogP contribution in [-0.4, -0.2) is 46.1 Å². The number of nitrogens with one attached hydrogen (secondary N) is 1. The van der Waals surface area contributed by atoms with E-state index >= 15 is 0 Å². The van der Waals surface area contributed by atoms with E-state index in [2.05, 4.69) is 19.2 Å². The molecule has 2 aromatic carbocycles. The van der Waals surface area contributed by atoms with Crippen LogP contribution in [0.1, 0.15) is 38.3 Å². The average Bonchev–Trinajstić information content (AvgIpc) is 3.13. The van der Waals surface area contributed by atoms with Crippen molar-refractivity contribution in [2.75, 3.05) is 7.11 Å². The van der Waals surface area contributed by atoms with Crippen molar-refractivity contribution in [1.82, 2.24) is 10.2 Å². The van der Waals surface area contributed by atoms with Crippen LogP contribution in [0.3, 0.4) is 0 Å². The SMILES string of the molecule is COc1cccc(CNC(=O)[C@H](C)SC2=Nc3ccccc3C3=N[C@H](CC(C)C)C(=O)N23)c1. The number of amides is 2. The molecule has 2 amide bonds. The van der Waals surface area contributed by atoms with E-state index in [4.69, 9.17) is 14.7 Å². The van der Waals surface area contributed by atoms with Gasteiger partial charge in [-0.05, 0) is 49.1 Å². The van der Waals surface area contributed by atoms with E-state index in [1.165, 1.54) is 11.8 Å². The van der Waals surface area contributed by atoms with Crippen molar-refractivity contribution < 1.29 is 14.3 Å². The lowest BCUT2D eigenvalue weighted by atomic mass is 10.0. The highest BCUT2D eigenvalue weighted by atomic mass is 32.2. The first-order chi connectivity index (χ1) is 15.9. The average molecular weight is 465 g/mol. The smallest absolute Gasteiger partial charge is 0.259 e. The Balaban J connectivity index is 1.50. The summed E-state index contributed by atoms with van der Waals surface area (Å²) in [5.41, 5.74) is 2.55. The summed E-state index contributed by atoms with van der Waals surface area (Å²) < 4.78 is 5.24. The Morgan fingerprint density at radius 3 is 2.73 bits per heavy atom. The first-order valence-corrected chi connectivity index (χ1v) is 11.9. The van der Waals surface area contributed by atoms with E-state index in [0.717, 1.165) is 22.6 Å². The summed E-state index contributed by atoms with van der Waals surface area (Å²) in [6, 6.07) is 14.8. The van der Waals surface area contributed by atoms with Gasteiger partial charge in [-0.3, -0.25) is 14.6 Å². The molecule has 2 aliphatic rings. The molecule has 2 atom stereocenters. The number of ether oxygens (including phenoxy) is 1. The van der Waals surface area contributed by atoms with Crippen LogP contribution in [0, 0.1) is 5.92 Å². The Labute approximate surface area is 198 Å². The highest BCUT2D eigenvalue weighted by molar-refractivity contribution is 8.15. The van der Waals surface area contributed by atoms with Crippen LogP contribution in [0.25, 0.3) is 0 Å². The molecule has 2 heterocycles. The molecule has 2 aromatic rings. The lowest BCUT2D eigenvalue weighted by molar-refractivity contribution is -0.125. The molecule has 33 heavy (non-hydrogen) atoms. The first kappa shape index (κ1) is 23.0. The van der Waals surface area contributed by atoms with Crippen molar-refractivity contribution in [2.45, 2.75) is 45.0 Å². The fourth-order valence-corrected chi connectivity index (χ4v) is 4.75. The lowest BCUT2D eigenvalue weighted by Gasteiger charge is -2.27. The Hall–Kier alpha value is -3.13. The van der Waals surface area contributed by atoms with Crippen LogP contribution in [0.2, 0.25) is 0 Å². The van der Waals surface area contributed by atoms with Gasteiger partial charge in [-0.25, -0.2) is 9.89 Å². The Bertz CT molecular complexity index is 1130. The van der Waals surface area contributed by atoms with E-state index in [0.29, 0.717) is 29.9 Å². The molecule has 0 fully saturated rings. The number of rotatable bonds is 7. The fraction of sp³-hybridized carbons (Fsp3) is 0.360. The first-order valence-electron chi connectivity index (χ1n) is 11.0. The zero-order chi connectivity index (χ0) is 23.5. The van der Waals surface area contributed by atoms with Gasteiger partial charge < -0.3 is 10.1 Å². The molecule has 0 bridgehead atoms. The number of para-hydroxylation sites is 1. The zero-order valence-corrected chi connectivity index (χ0v) is 20.1. The van der Waals surface area contributed by atoms with Crippen LogP contribution >= 0.6 is 11.8 Å². The molecule has 0 saturated heterocycles. The monoisotopic (exact) mass is 464 g/mol. The maximum atomic E-state index is 13.2. The van der Waals surface area contributed by atoms with Crippen LogP contribution in [0.4, 0.5) is 5.69 Å². The fourth-order valence-electron chi connectivity index (χ4n) is 3.81. The molecule has 4 rings (SSSR count). The van der Waals surface area contributed by atoms with E-state index in [1.54, 1.807) is 12.0 Å². The Morgan fingerprint density at radius 2 is 1.97 bits per heavy atom. The second-order valence-electron chi connectivity index (χ2n) is 8.51. The molecule has 8 heteroatoms. The quantitative estimate of drug-likeness (QED) is 0.668. The molecular weight excluding hydrogens is 436 g/mol. The third-order valence-corrected chi connectivity index (χ3v) is 6.55. The van der Waals surface area contributed by atoms with Gasteiger partial charge in [0.25, 0.3) is 5.91 Å². The summed E-state index contributed by atoms with van der Waals surface area (Å²) in [5, 5.41) is 3.01. The second-order valence-corrected chi connectivity index (χ2v) is 9.82. The minimum Gasteiger partial charge on any atom is -0.497 e. The standard InChI is InChI=1S/C25H28N4O3S/c1-15(2)12-21-24(31)29-22(27-21)19-10-5-6-11-20(19)28-25(29)33-16(3)23(30)26-14-17-8-7-9-18(13-17)32-4/h5-11,13,15-16,21H,12,14H2,1-4H3,(H,26,30)/t16-,21+/m0/s1. The van der Waals surface area contributed by atoms with Gasteiger partial charge in [-0.2, -0.15) is 0 Å². The molecule has 1 N–H and O–H groups in total. The van der Waals surface area contributed by atoms with Crippen molar-refractivity contribution in [3.63, 3.8) is 0 Å². The van der Waals surface area contributed by atoms with Gasteiger partial charge in [0.2, 0.25) is 5.91 Å². The van der Waals surface area contributed by atoms with Gasteiger partial charge in [0, 0.05) is 12.1 Å². The van der Waals surface area contributed by atoms with Gasteiger partial charge >= 0.3 is 0 Å². The highest BCUT2D eigenvalue weighted by Crippen LogP contribution is 2.35. The molecule has 0 aliphatic carbocycles. The number of carbonyl (C=O) groups is 2. The number of nitrogens with zero attached hydrogens (tertiary/aromatic N) is 3. The van der Waals surface area contributed by atoms with Gasteiger partial charge in [0.1, 0.15) is 17.6 Å². The number of fused-ring (bicyclic) bond motifs is 3. The van der Waals surface area contributed by atoms with Crippen molar-refractivity contribution in [2.24, 2.45) is 15.9 Å². The van der Waals surface area contributed by atoms with Crippen LogP contribution < -0.4 is 10.1 Å². The van der Waals surface area contributed by atoms with Crippen LogP contribution in [-0.2, 0) is 16.1 Å². The van der Waals surface area contributed by atoms with Crippen molar-refractivity contribution in [1.29, 1.82) is 0 Å². The number of hydrogen-bond donors (Lipinski definition) is 1. The number of carbonyl (C=O) groups excluding carboxylic acids is 2. The number of thioether (sulfide) groups is 1. The van der Waals surface area contributed by atoms with Gasteiger partial charge in [-0.15, -0.1) is 0 Å². The van der Waals surface area contributed by atoms with Crippen molar-refractivity contribution >= 4 is 40.3 Å². The highest BCUT2D eigenvalue weighted by Gasteiger charge is 2.42. The molecular formula is C25H28N4O3S. The molecule has 0 spiro atoms.